The summed E-state index contributed by atoms with van der Waals surface area (Å²) in [6.45, 7) is 26.1. The van der Waals surface area contributed by atoms with Gasteiger partial charge in [-0.1, -0.05) is 174 Å². The highest BCUT2D eigenvalue weighted by Gasteiger charge is 2.30. The van der Waals surface area contributed by atoms with E-state index in [9.17, 15) is 6.48 Å². The van der Waals surface area contributed by atoms with E-state index in [0.29, 0.717) is 23.0 Å². The topological polar surface area (TPSA) is 50.9 Å². The van der Waals surface area contributed by atoms with Crippen LogP contribution in [-0.4, -0.2) is 19.6 Å². The summed E-state index contributed by atoms with van der Waals surface area (Å²) in [5.74, 6) is 0.712. The highest BCUT2D eigenvalue weighted by Crippen LogP contribution is 2.46. The molecule has 0 aliphatic heterocycles. The van der Waals surface area contributed by atoms with Gasteiger partial charge >= 0.3 is 0 Å². The van der Waals surface area contributed by atoms with E-state index >= 15 is 0 Å². The summed E-state index contributed by atoms with van der Waals surface area (Å²) in [5.41, 5.74) is 14.4. The molecule has 2 heterocycles. The van der Waals surface area contributed by atoms with Crippen molar-refractivity contribution in [3.05, 3.63) is 168 Å². The van der Waals surface area contributed by atoms with Crippen LogP contribution >= 0.6 is 0 Å². The molecule has 0 unspecified atom stereocenters. The highest BCUT2D eigenvalue weighted by molar-refractivity contribution is 5.98. The van der Waals surface area contributed by atoms with Crippen molar-refractivity contribution >= 4 is 11.0 Å². The number of hydrogen-bond donors (Lipinski definition) is 1. The van der Waals surface area contributed by atoms with Crippen LogP contribution in [0.3, 0.4) is 0 Å². The van der Waals surface area contributed by atoms with E-state index in [4.69, 9.17) is 9.97 Å². The lowest BCUT2D eigenvalue weighted by atomic mass is 9.79. The molecule has 62 heavy (non-hydrogen) atoms. The standard InChI is InChI=1S/C58H61N3O/c1-55(2,3)42-26-27-50(46(34-42)38-22-17-14-18-23-38)61-51-25-19-24-45(52(51)60-54(61)47-35-44(57(7,8)9)36-48(53(47)62)58(10,11)12)40-30-41(32-43(31-40)56(4,5)6)49-33-39(28-29-59-49)37-20-15-13-16-21-37/h13-36,62H,1-12H3/i36D. The van der Waals surface area contributed by atoms with Crippen molar-refractivity contribution in [2.24, 2.45) is 0 Å². The Morgan fingerprint density at radius 1 is 0.484 bits per heavy atom. The van der Waals surface area contributed by atoms with Crippen LogP contribution < -0.4 is 0 Å². The Kier molecular flexibility index (Phi) is 10.3. The number of aromatic nitrogens is 3. The number of nitrogens with zero attached hydrogens (tertiary/aromatic N) is 3. The molecule has 8 rings (SSSR count). The second-order valence-electron chi connectivity index (χ2n) is 21.0. The number of para-hydroxylation sites is 1. The summed E-state index contributed by atoms with van der Waals surface area (Å²) in [4.78, 5) is 10.6. The third kappa shape index (κ3) is 8.23. The summed E-state index contributed by atoms with van der Waals surface area (Å²) in [7, 11) is 0. The van der Waals surface area contributed by atoms with E-state index in [1.165, 1.54) is 11.1 Å². The van der Waals surface area contributed by atoms with E-state index in [0.717, 1.165) is 66.9 Å². The summed E-state index contributed by atoms with van der Waals surface area (Å²) >= 11 is 0. The smallest absolute Gasteiger partial charge is 0.149 e. The van der Waals surface area contributed by atoms with Gasteiger partial charge in [0.2, 0.25) is 0 Å². The molecule has 4 heteroatoms. The van der Waals surface area contributed by atoms with Gasteiger partial charge < -0.3 is 5.11 Å². The van der Waals surface area contributed by atoms with Gasteiger partial charge in [0.25, 0.3) is 0 Å². The van der Waals surface area contributed by atoms with Crippen molar-refractivity contribution in [3.63, 3.8) is 0 Å². The molecule has 1 N–H and O–H groups in total. The molecular weight excluding hydrogens is 755 g/mol. The van der Waals surface area contributed by atoms with Crippen LogP contribution in [-0.2, 0) is 21.7 Å². The molecule has 0 atom stereocenters. The first-order valence-corrected chi connectivity index (χ1v) is 21.9. The molecule has 0 spiro atoms. The number of fused-ring (bicyclic) bond motifs is 1. The zero-order valence-corrected chi connectivity index (χ0v) is 38.6. The number of hydrogen-bond acceptors (Lipinski definition) is 3. The minimum atomic E-state index is -0.515. The first-order valence-electron chi connectivity index (χ1n) is 22.4. The van der Waals surface area contributed by atoms with Crippen LogP contribution in [0.5, 0.6) is 5.75 Å². The molecule has 0 fully saturated rings. The van der Waals surface area contributed by atoms with Gasteiger partial charge in [-0.3, -0.25) is 9.55 Å². The maximum Gasteiger partial charge on any atom is 0.149 e. The van der Waals surface area contributed by atoms with Crippen molar-refractivity contribution < 1.29 is 6.48 Å². The Labute approximate surface area is 370 Å². The summed E-state index contributed by atoms with van der Waals surface area (Å²) < 4.78 is 11.7. The first kappa shape index (κ1) is 41.1. The van der Waals surface area contributed by atoms with Gasteiger partial charge in [0.1, 0.15) is 11.6 Å². The van der Waals surface area contributed by atoms with Gasteiger partial charge in [0, 0.05) is 28.5 Å². The molecular formula is C58H61N3O. The number of rotatable bonds is 6. The van der Waals surface area contributed by atoms with E-state index in [2.05, 4.69) is 209 Å². The number of benzene rings is 6. The van der Waals surface area contributed by atoms with Gasteiger partial charge in [0.15, 0.2) is 0 Å². The van der Waals surface area contributed by atoms with Crippen LogP contribution in [0, 0.1) is 0 Å². The molecule has 0 saturated heterocycles. The van der Waals surface area contributed by atoms with Gasteiger partial charge in [-0.2, -0.15) is 0 Å². The number of phenols is 1. The predicted molar refractivity (Wildman–Crippen MR) is 263 cm³/mol. The third-order valence-corrected chi connectivity index (χ3v) is 12.0. The van der Waals surface area contributed by atoms with E-state index in [-0.39, 0.29) is 22.0 Å². The lowest BCUT2D eigenvalue weighted by Gasteiger charge is -2.28. The lowest BCUT2D eigenvalue weighted by molar-refractivity contribution is 0.446. The fourth-order valence-corrected chi connectivity index (χ4v) is 8.26. The highest BCUT2D eigenvalue weighted by atomic mass is 16.3. The zero-order chi connectivity index (χ0) is 45.2. The first-order chi connectivity index (χ1) is 29.6. The minimum absolute atomic E-state index is 0.0903. The average molecular weight is 817 g/mol. The van der Waals surface area contributed by atoms with Crippen molar-refractivity contribution in [2.45, 2.75) is 105 Å². The molecule has 6 aromatic carbocycles. The van der Waals surface area contributed by atoms with Gasteiger partial charge in [0.05, 0.1) is 29.3 Å². The van der Waals surface area contributed by atoms with Gasteiger partial charge in [-0.15, -0.1) is 0 Å². The molecule has 0 radical (unpaired) electrons. The predicted octanol–water partition coefficient (Wildman–Crippen LogP) is 15.7. The Hall–Kier alpha value is -6.26. The van der Waals surface area contributed by atoms with Crippen molar-refractivity contribution in [2.75, 3.05) is 0 Å². The maximum absolute atomic E-state index is 12.6. The Balaban J connectivity index is 1.48. The van der Waals surface area contributed by atoms with Crippen LogP contribution in [0.25, 0.3) is 72.7 Å². The fraction of sp³-hybridized carbons (Fsp3) is 0.276. The third-order valence-electron chi connectivity index (χ3n) is 12.0. The molecule has 0 bridgehead atoms. The molecule has 0 saturated carbocycles. The summed E-state index contributed by atoms with van der Waals surface area (Å²) in [6.07, 6.45) is 1.90. The van der Waals surface area contributed by atoms with E-state index in [1.54, 1.807) is 0 Å². The normalized spacial score (nSPS) is 12.8. The van der Waals surface area contributed by atoms with Gasteiger partial charge in [-0.05, 0) is 109 Å². The Morgan fingerprint density at radius 2 is 1.10 bits per heavy atom. The Morgan fingerprint density at radius 3 is 1.73 bits per heavy atom. The monoisotopic (exact) mass is 816 g/mol. The van der Waals surface area contributed by atoms with Gasteiger partial charge in [-0.25, -0.2) is 4.98 Å². The number of aromatic hydroxyl groups is 1. The van der Waals surface area contributed by atoms with Crippen LogP contribution in [0.4, 0.5) is 0 Å². The van der Waals surface area contributed by atoms with Crippen molar-refractivity contribution in [1.29, 1.82) is 0 Å². The second-order valence-corrected chi connectivity index (χ2v) is 21.0. The quantitative estimate of drug-likeness (QED) is 0.182. The van der Waals surface area contributed by atoms with E-state index < -0.39 is 5.41 Å². The SMILES string of the molecule is [2H]c1c(C(C)(C)C)cc(-c2nc3c(-c4cc(-c5cc(-c6ccccc6)ccn5)cc(C(C)(C)C)c4)cccc3n2-c2ccc(C(C)(C)C)cc2-c2ccccc2)c(O)c1C(C)(C)C. The number of phenolic OH excluding ortho intramolecular Hbond substituents is 1. The molecule has 2 aromatic heterocycles. The molecule has 0 aliphatic carbocycles. The lowest BCUT2D eigenvalue weighted by Crippen LogP contribution is -2.17. The second kappa shape index (κ2) is 15.6. The Bertz CT molecular complexity index is 2990. The summed E-state index contributed by atoms with van der Waals surface area (Å²) in [5, 5.41) is 12.6. The van der Waals surface area contributed by atoms with Crippen LogP contribution in [0.2, 0.25) is 0 Å². The van der Waals surface area contributed by atoms with Crippen molar-refractivity contribution in [1.82, 2.24) is 14.5 Å². The minimum Gasteiger partial charge on any atom is -0.507 e. The molecule has 4 nitrogen and oxygen atoms in total. The molecule has 0 aliphatic rings. The molecule has 8 aromatic rings. The summed E-state index contributed by atoms with van der Waals surface area (Å²) in [6, 6.07) is 47.6. The number of imidazole rings is 1. The average Bonchev–Trinajstić information content (AvgIpc) is 3.62. The fourth-order valence-electron chi connectivity index (χ4n) is 8.26. The largest absolute Gasteiger partial charge is 0.507 e. The maximum atomic E-state index is 12.6. The number of pyridine rings is 1. The van der Waals surface area contributed by atoms with E-state index in [1.807, 2.05) is 18.3 Å². The zero-order valence-electron chi connectivity index (χ0n) is 39.6. The van der Waals surface area contributed by atoms with Crippen molar-refractivity contribution in [3.8, 4) is 67.5 Å². The molecule has 314 valence electrons. The van der Waals surface area contributed by atoms with Crippen LogP contribution in [0.15, 0.2) is 146 Å². The molecule has 0 amide bonds. The van der Waals surface area contributed by atoms with Crippen LogP contribution in [0.1, 0.15) is 107 Å².